The highest BCUT2D eigenvalue weighted by atomic mass is 16.7. The number of hydrogen-bond acceptors (Lipinski definition) is 7. The van der Waals surface area contributed by atoms with E-state index in [2.05, 4.69) is 4.98 Å². The maximum atomic E-state index is 13.1. The molecule has 33 heavy (non-hydrogen) atoms. The van der Waals surface area contributed by atoms with Gasteiger partial charge >= 0.3 is 0 Å². The maximum Gasteiger partial charge on any atom is 0.253 e. The zero-order valence-electron chi connectivity index (χ0n) is 19.0. The minimum Gasteiger partial charge on any atom is -0.493 e. The highest BCUT2D eigenvalue weighted by Gasteiger charge is 2.40. The number of aromatic nitrogens is 2. The summed E-state index contributed by atoms with van der Waals surface area (Å²) in [4.78, 5) is 19.5. The van der Waals surface area contributed by atoms with Gasteiger partial charge < -0.3 is 28.6 Å². The summed E-state index contributed by atoms with van der Waals surface area (Å²) in [5, 5.41) is 0. The first-order valence-electron chi connectivity index (χ1n) is 10.9. The molecule has 9 heteroatoms. The Morgan fingerprint density at radius 1 is 0.970 bits per heavy atom. The third kappa shape index (κ3) is 3.77. The Morgan fingerprint density at radius 2 is 1.64 bits per heavy atom. The Balaban J connectivity index is 1.41. The molecule has 0 aliphatic carbocycles. The van der Waals surface area contributed by atoms with Crippen molar-refractivity contribution in [3.63, 3.8) is 0 Å². The van der Waals surface area contributed by atoms with E-state index in [0.717, 1.165) is 16.7 Å². The molecule has 3 aromatic rings. The summed E-state index contributed by atoms with van der Waals surface area (Å²) in [5.41, 5.74) is 3.02. The zero-order valence-corrected chi connectivity index (χ0v) is 19.0. The van der Waals surface area contributed by atoms with Crippen LogP contribution in [0.1, 0.15) is 23.2 Å². The molecule has 2 fully saturated rings. The number of nitrogens with zero attached hydrogens (tertiary/aromatic N) is 3. The van der Waals surface area contributed by atoms with Crippen LogP contribution in [0.15, 0.2) is 36.7 Å². The van der Waals surface area contributed by atoms with E-state index in [4.69, 9.17) is 23.7 Å². The average Bonchev–Trinajstić information content (AvgIpc) is 3.49. The van der Waals surface area contributed by atoms with E-state index in [1.165, 1.54) is 0 Å². The lowest BCUT2D eigenvalue weighted by atomic mass is 10.0. The molecular formula is C24H27N3O6. The number of amides is 1. The number of piperidine rings is 1. The average molecular weight is 453 g/mol. The number of carbonyl (C=O) groups is 1. The number of carbonyl (C=O) groups excluding carboxylic acids is 1. The van der Waals surface area contributed by atoms with Crippen molar-refractivity contribution in [1.82, 2.24) is 14.5 Å². The number of hydrogen-bond donors (Lipinski definition) is 0. The highest BCUT2D eigenvalue weighted by molar-refractivity contribution is 5.97. The van der Waals surface area contributed by atoms with Crippen LogP contribution in [0.2, 0.25) is 0 Å². The van der Waals surface area contributed by atoms with Crippen LogP contribution < -0.4 is 14.2 Å². The van der Waals surface area contributed by atoms with Gasteiger partial charge in [-0.25, -0.2) is 4.98 Å². The van der Waals surface area contributed by atoms with Crippen LogP contribution in [0.3, 0.4) is 0 Å². The van der Waals surface area contributed by atoms with Crippen LogP contribution in [0.5, 0.6) is 17.2 Å². The minimum atomic E-state index is -0.500. The molecular weight excluding hydrogens is 426 g/mol. The molecule has 0 unspecified atom stereocenters. The van der Waals surface area contributed by atoms with Crippen LogP contribution in [-0.4, -0.2) is 73.8 Å². The van der Waals surface area contributed by atoms with Crippen LogP contribution in [0, 0.1) is 0 Å². The summed E-state index contributed by atoms with van der Waals surface area (Å²) in [6.45, 7) is 2.46. The van der Waals surface area contributed by atoms with Crippen molar-refractivity contribution in [2.45, 2.75) is 18.6 Å². The van der Waals surface area contributed by atoms with Gasteiger partial charge in [-0.1, -0.05) is 0 Å². The number of imidazole rings is 1. The number of benzene rings is 2. The number of methoxy groups -OCH3 is 3. The van der Waals surface area contributed by atoms with Gasteiger partial charge in [0.2, 0.25) is 5.75 Å². The quantitative estimate of drug-likeness (QED) is 0.587. The first kappa shape index (κ1) is 21.5. The number of likely N-dealkylation sites (tertiary alicyclic amines) is 1. The predicted octanol–water partition coefficient (Wildman–Crippen LogP) is 3.03. The van der Waals surface area contributed by atoms with E-state index in [-0.39, 0.29) is 5.91 Å². The lowest BCUT2D eigenvalue weighted by Gasteiger charge is -2.37. The monoisotopic (exact) mass is 453 g/mol. The number of fused-ring (bicyclic) bond motifs is 1. The van der Waals surface area contributed by atoms with Crippen molar-refractivity contribution in [3.05, 3.63) is 42.2 Å². The molecule has 2 aromatic carbocycles. The molecule has 9 nitrogen and oxygen atoms in total. The smallest absolute Gasteiger partial charge is 0.253 e. The summed E-state index contributed by atoms with van der Waals surface area (Å²) < 4.78 is 29.8. The second-order valence-corrected chi connectivity index (χ2v) is 8.10. The lowest BCUT2D eigenvalue weighted by molar-refractivity contribution is -0.181. The van der Waals surface area contributed by atoms with Gasteiger partial charge in [0.05, 0.1) is 51.3 Å². The van der Waals surface area contributed by atoms with Crippen molar-refractivity contribution in [3.8, 4) is 22.9 Å². The maximum absolute atomic E-state index is 13.1. The molecule has 1 amide bonds. The molecule has 5 rings (SSSR count). The Hall–Kier alpha value is -3.30. The van der Waals surface area contributed by atoms with Crippen LogP contribution in [0.25, 0.3) is 16.7 Å². The molecule has 1 spiro atoms. The summed E-state index contributed by atoms with van der Waals surface area (Å²) in [6.07, 6.45) is 3.10. The Labute approximate surface area is 191 Å². The fraction of sp³-hybridized carbons (Fsp3) is 0.417. The van der Waals surface area contributed by atoms with Gasteiger partial charge in [0.25, 0.3) is 5.91 Å². The molecule has 2 aliphatic rings. The highest BCUT2D eigenvalue weighted by Crippen LogP contribution is 2.40. The Kier molecular flexibility index (Phi) is 5.59. The van der Waals surface area contributed by atoms with Crippen molar-refractivity contribution >= 4 is 16.9 Å². The summed E-state index contributed by atoms with van der Waals surface area (Å²) >= 11 is 0. The van der Waals surface area contributed by atoms with E-state index in [9.17, 15) is 4.79 Å². The summed E-state index contributed by atoms with van der Waals surface area (Å²) in [6, 6.07) is 9.30. The molecule has 2 saturated heterocycles. The standard InChI is InChI=1S/C24H27N3O6/c1-29-20-13-17(14-21(30-2)22(20)31-3)27-15-25-18-12-16(4-5-19(18)27)23(28)26-8-6-24(7-9-26)32-10-11-33-24/h4-5,12-15H,6-11H2,1-3H3. The van der Waals surface area contributed by atoms with Crippen molar-refractivity contribution in [2.75, 3.05) is 47.6 Å². The fourth-order valence-electron chi connectivity index (χ4n) is 4.58. The summed E-state index contributed by atoms with van der Waals surface area (Å²) in [5.74, 6) is 1.13. The Bertz CT molecular complexity index is 1150. The van der Waals surface area contributed by atoms with Gasteiger partial charge in [0, 0.05) is 43.6 Å². The topological polar surface area (TPSA) is 84.3 Å². The van der Waals surface area contributed by atoms with Crippen LogP contribution in [-0.2, 0) is 9.47 Å². The predicted molar refractivity (Wildman–Crippen MR) is 120 cm³/mol. The second kappa shape index (κ2) is 8.57. The number of rotatable bonds is 5. The number of ether oxygens (including phenoxy) is 5. The summed E-state index contributed by atoms with van der Waals surface area (Å²) in [7, 11) is 4.73. The van der Waals surface area contributed by atoms with Crippen molar-refractivity contribution in [1.29, 1.82) is 0 Å². The van der Waals surface area contributed by atoms with Gasteiger partial charge in [-0.2, -0.15) is 0 Å². The lowest BCUT2D eigenvalue weighted by Crippen LogP contribution is -2.47. The molecule has 1 aromatic heterocycles. The van der Waals surface area contributed by atoms with Crippen molar-refractivity contribution in [2.24, 2.45) is 0 Å². The normalized spacial score (nSPS) is 17.5. The van der Waals surface area contributed by atoms with Gasteiger partial charge in [-0.05, 0) is 18.2 Å². The first-order valence-corrected chi connectivity index (χ1v) is 10.9. The molecule has 0 saturated carbocycles. The third-order valence-corrected chi connectivity index (χ3v) is 6.35. The second-order valence-electron chi connectivity index (χ2n) is 8.10. The van der Waals surface area contributed by atoms with Crippen molar-refractivity contribution < 1.29 is 28.5 Å². The van der Waals surface area contributed by atoms with Crippen LogP contribution in [0.4, 0.5) is 0 Å². The van der Waals surface area contributed by atoms with Gasteiger partial charge in [-0.3, -0.25) is 9.36 Å². The third-order valence-electron chi connectivity index (χ3n) is 6.35. The largest absolute Gasteiger partial charge is 0.493 e. The van der Waals surface area contributed by atoms with E-state index < -0.39 is 5.79 Å². The van der Waals surface area contributed by atoms with Gasteiger partial charge in [-0.15, -0.1) is 0 Å². The molecule has 2 aliphatic heterocycles. The van der Waals surface area contributed by atoms with E-state index in [1.807, 2.05) is 39.8 Å². The molecule has 0 radical (unpaired) electrons. The molecule has 0 atom stereocenters. The van der Waals surface area contributed by atoms with E-state index >= 15 is 0 Å². The molecule has 3 heterocycles. The molecule has 0 bridgehead atoms. The van der Waals surface area contributed by atoms with Gasteiger partial charge in [0.1, 0.15) is 6.33 Å². The minimum absolute atomic E-state index is 0.00733. The van der Waals surface area contributed by atoms with E-state index in [0.29, 0.717) is 62.0 Å². The first-order chi connectivity index (χ1) is 16.1. The van der Waals surface area contributed by atoms with Crippen LogP contribution >= 0.6 is 0 Å². The molecule has 174 valence electrons. The SMILES string of the molecule is COc1cc(-n2cnc3cc(C(=O)N4CCC5(CC4)OCCO5)ccc32)cc(OC)c1OC. The van der Waals surface area contributed by atoms with Gasteiger partial charge in [0.15, 0.2) is 17.3 Å². The zero-order chi connectivity index (χ0) is 23.0. The Morgan fingerprint density at radius 3 is 2.24 bits per heavy atom. The fourth-order valence-corrected chi connectivity index (χ4v) is 4.58. The molecule has 0 N–H and O–H groups in total. The van der Waals surface area contributed by atoms with E-state index in [1.54, 1.807) is 27.7 Å².